The molecule has 2 aromatic heterocycles. The normalized spacial score (nSPS) is 15.6. The number of unbranched alkanes of at least 4 members (excludes halogenated alkanes) is 2. The summed E-state index contributed by atoms with van der Waals surface area (Å²) in [6, 6.07) is 20.7. The van der Waals surface area contributed by atoms with Gasteiger partial charge in [0.2, 0.25) is 0 Å². The zero-order chi connectivity index (χ0) is 26.9. The molecule has 5 rings (SSSR count). The number of benzene rings is 2. The van der Waals surface area contributed by atoms with Gasteiger partial charge in [-0.3, -0.25) is 9.78 Å². The molecular formula is C31H34N4O3S. The zero-order valence-electron chi connectivity index (χ0n) is 22.0. The Balaban J connectivity index is 1.36. The number of hydrogen-bond donors (Lipinski definition) is 2. The largest absolute Gasteiger partial charge is 0.481 e. The first-order valence-electron chi connectivity index (χ1n) is 13.6. The van der Waals surface area contributed by atoms with Crippen LogP contribution in [-0.4, -0.2) is 39.0 Å². The van der Waals surface area contributed by atoms with E-state index in [4.69, 9.17) is 14.9 Å². The molecule has 0 amide bonds. The van der Waals surface area contributed by atoms with Gasteiger partial charge in [-0.05, 0) is 86.7 Å². The molecule has 2 N–H and O–H groups in total. The molecular weight excluding hydrogens is 508 g/mol. The Hall–Kier alpha value is -3.62. The smallest absolute Gasteiger partial charge is 0.303 e. The fraction of sp³-hybridized carbons (Fsp3) is 0.323. The molecule has 0 bridgehead atoms. The predicted octanol–water partition coefficient (Wildman–Crippen LogP) is 7.51. The van der Waals surface area contributed by atoms with Crippen molar-refractivity contribution in [2.75, 3.05) is 18.5 Å². The highest BCUT2D eigenvalue weighted by Gasteiger charge is 2.21. The van der Waals surface area contributed by atoms with Crippen LogP contribution in [-0.2, 0) is 9.53 Å². The molecule has 1 unspecified atom stereocenters. The SMILES string of the molecule is O=C(O)CCCCCNc1ccccc1Sc1ccc2c(/C=C/c3ccccn3)nn(C3CCCCO3)c2c1. The Labute approximate surface area is 233 Å². The summed E-state index contributed by atoms with van der Waals surface area (Å²) in [5, 5.41) is 18.4. The van der Waals surface area contributed by atoms with Crippen molar-refractivity contribution in [2.24, 2.45) is 0 Å². The molecule has 0 radical (unpaired) electrons. The molecule has 1 fully saturated rings. The summed E-state index contributed by atoms with van der Waals surface area (Å²) in [6.45, 7) is 1.57. The monoisotopic (exact) mass is 542 g/mol. The number of carboxylic acids is 1. The van der Waals surface area contributed by atoms with Gasteiger partial charge >= 0.3 is 5.97 Å². The second-order valence-corrected chi connectivity index (χ2v) is 10.8. The number of carbonyl (C=O) groups is 1. The van der Waals surface area contributed by atoms with Gasteiger partial charge in [0.25, 0.3) is 0 Å². The summed E-state index contributed by atoms with van der Waals surface area (Å²) in [5.41, 5.74) is 3.96. The van der Waals surface area contributed by atoms with Crippen LogP contribution in [0.1, 0.15) is 62.6 Å². The van der Waals surface area contributed by atoms with Gasteiger partial charge in [-0.2, -0.15) is 5.10 Å². The average Bonchev–Trinajstić information content (AvgIpc) is 3.33. The van der Waals surface area contributed by atoms with Crippen LogP contribution in [0.2, 0.25) is 0 Å². The van der Waals surface area contributed by atoms with E-state index in [1.807, 2.05) is 36.4 Å². The van der Waals surface area contributed by atoms with Crippen molar-refractivity contribution in [3.8, 4) is 0 Å². The van der Waals surface area contributed by atoms with Crippen LogP contribution in [0.15, 0.2) is 76.7 Å². The zero-order valence-corrected chi connectivity index (χ0v) is 22.8. The number of pyridine rings is 1. The maximum absolute atomic E-state index is 10.7. The van der Waals surface area contributed by atoms with Gasteiger partial charge in [-0.25, -0.2) is 4.68 Å². The quantitative estimate of drug-likeness (QED) is 0.179. The van der Waals surface area contributed by atoms with E-state index in [9.17, 15) is 4.79 Å². The van der Waals surface area contributed by atoms with E-state index in [1.165, 1.54) is 0 Å². The van der Waals surface area contributed by atoms with Crippen molar-refractivity contribution in [2.45, 2.75) is 61.0 Å². The number of ether oxygens (including phenoxy) is 1. The number of nitrogens with one attached hydrogen (secondary N) is 1. The Bertz CT molecular complexity index is 1410. The van der Waals surface area contributed by atoms with Crippen molar-refractivity contribution >= 4 is 46.5 Å². The number of nitrogens with zero attached hydrogens (tertiary/aromatic N) is 3. The lowest BCUT2D eigenvalue weighted by atomic mass is 10.1. The van der Waals surface area contributed by atoms with E-state index in [0.29, 0.717) is 6.42 Å². The van der Waals surface area contributed by atoms with Crippen molar-refractivity contribution in [1.29, 1.82) is 0 Å². The van der Waals surface area contributed by atoms with Crippen LogP contribution in [0.3, 0.4) is 0 Å². The molecule has 7 nitrogen and oxygen atoms in total. The summed E-state index contributed by atoms with van der Waals surface area (Å²) in [5.74, 6) is -0.727. The highest BCUT2D eigenvalue weighted by Crippen LogP contribution is 2.37. The molecule has 39 heavy (non-hydrogen) atoms. The Morgan fingerprint density at radius 1 is 1.08 bits per heavy atom. The highest BCUT2D eigenvalue weighted by molar-refractivity contribution is 7.99. The number of hydrogen-bond acceptors (Lipinski definition) is 6. The van der Waals surface area contributed by atoms with E-state index in [-0.39, 0.29) is 12.6 Å². The van der Waals surface area contributed by atoms with Gasteiger partial charge in [-0.15, -0.1) is 0 Å². The van der Waals surface area contributed by atoms with Gasteiger partial charge in [0.1, 0.15) is 0 Å². The first-order chi connectivity index (χ1) is 19.2. The summed E-state index contributed by atoms with van der Waals surface area (Å²) >= 11 is 1.73. The minimum atomic E-state index is -0.727. The highest BCUT2D eigenvalue weighted by atomic mass is 32.2. The fourth-order valence-electron chi connectivity index (χ4n) is 4.73. The van der Waals surface area contributed by atoms with E-state index < -0.39 is 5.97 Å². The third-order valence-electron chi connectivity index (χ3n) is 6.73. The van der Waals surface area contributed by atoms with Crippen molar-refractivity contribution in [1.82, 2.24) is 14.8 Å². The van der Waals surface area contributed by atoms with Crippen LogP contribution in [0.5, 0.6) is 0 Å². The van der Waals surface area contributed by atoms with E-state index >= 15 is 0 Å². The van der Waals surface area contributed by atoms with Crippen LogP contribution in [0.4, 0.5) is 5.69 Å². The summed E-state index contributed by atoms with van der Waals surface area (Å²) in [4.78, 5) is 17.4. The topological polar surface area (TPSA) is 89.3 Å². The predicted molar refractivity (Wildman–Crippen MR) is 157 cm³/mol. The van der Waals surface area contributed by atoms with Gasteiger partial charge in [0.15, 0.2) is 6.23 Å². The Morgan fingerprint density at radius 3 is 2.79 bits per heavy atom. The molecule has 202 valence electrons. The van der Waals surface area contributed by atoms with Crippen LogP contribution >= 0.6 is 11.8 Å². The molecule has 1 atom stereocenters. The van der Waals surface area contributed by atoms with Crippen molar-refractivity contribution in [3.63, 3.8) is 0 Å². The number of para-hydroxylation sites is 1. The summed E-state index contributed by atoms with van der Waals surface area (Å²) < 4.78 is 8.18. The van der Waals surface area contributed by atoms with Crippen LogP contribution < -0.4 is 5.32 Å². The minimum absolute atomic E-state index is 0.0615. The van der Waals surface area contributed by atoms with E-state index in [1.54, 1.807) is 18.0 Å². The lowest BCUT2D eigenvalue weighted by Crippen LogP contribution is -2.19. The molecule has 1 aliphatic rings. The summed E-state index contributed by atoms with van der Waals surface area (Å²) in [6.07, 6.45) is 11.7. The lowest BCUT2D eigenvalue weighted by molar-refractivity contribution is -0.137. The molecule has 0 spiro atoms. The van der Waals surface area contributed by atoms with Crippen LogP contribution in [0, 0.1) is 0 Å². The molecule has 0 aliphatic carbocycles. The third kappa shape index (κ3) is 7.28. The lowest BCUT2D eigenvalue weighted by Gasteiger charge is -2.23. The van der Waals surface area contributed by atoms with Gasteiger partial charge < -0.3 is 15.2 Å². The van der Waals surface area contributed by atoms with Gasteiger partial charge in [-0.1, -0.05) is 36.4 Å². The third-order valence-corrected chi connectivity index (χ3v) is 7.80. The maximum atomic E-state index is 10.7. The number of aliphatic carboxylic acids is 1. The molecule has 1 aliphatic heterocycles. The Kier molecular flexibility index (Phi) is 9.30. The first kappa shape index (κ1) is 27.0. The number of carboxylic acid groups (broad SMARTS) is 1. The van der Waals surface area contributed by atoms with E-state index in [2.05, 4.69) is 51.4 Å². The number of rotatable bonds is 12. The van der Waals surface area contributed by atoms with Gasteiger partial charge in [0.05, 0.1) is 16.9 Å². The first-order valence-corrected chi connectivity index (χ1v) is 14.4. The minimum Gasteiger partial charge on any atom is -0.481 e. The van der Waals surface area contributed by atoms with Crippen LogP contribution in [0.25, 0.3) is 23.1 Å². The maximum Gasteiger partial charge on any atom is 0.303 e. The second kappa shape index (κ2) is 13.4. The molecule has 1 saturated heterocycles. The van der Waals surface area contributed by atoms with Crippen molar-refractivity contribution in [3.05, 3.63) is 78.2 Å². The standard InChI is InChI=1S/C31H34N4O3S/c36-31(37)14-2-1-7-20-33-27-11-3-4-12-29(27)39-24-16-17-25-26(18-15-23-10-5-8-19-32-23)34-35(28(25)22-24)30-13-6-9-21-38-30/h3-5,8,10-12,15-19,22,30,33H,1-2,6-7,9,13-14,20-21H2,(H,36,37)/b18-15+. The Morgan fingerprint density at radius 2 is 1.97 bits per heavy atom. The van der Waals surface area contributed by atoms with E-state index in [0.717, 1.165) is 83.0 Å². The summed E-state index contributed by atoms with van der Waals surface area (Å²) in [7, 11) is 0. The number of aromatic nitrogens is 3. The van der Waals surface area contributed by atoms with Gasteiger partial charge in [0, 0.05) is 46.6 Å². The number of fused-ring (bicyclic) bond motifs is 1. The fourth-order valence-corrected chi connectivity index (χ4v) is 5.69. The molecule has 4 aromatic rings. The number of anilines is 1. The average molecular weight is 543 g/mol. The molecule has 2 aromatic carbocycles. The second-order valence-electron chi connectivity index (χ2n) is 9.65. The molecule has 0 saturated carbocycles. The molecule has 8 heteroatoms. The van der Waals surface area contributed by atoms with Crippen molar-refractivity contribution < 1.29 is 14.6 Å². The molecule has 3 heterocycles.